The number of benzene rings is 2. The molecule has 1 unspecified atom stereocenters. The van der Waals surface area contributed by atoms with Crippen molar-refractivity contribution >= 4 is 22.8 Å². The molecule has 0 bridgehead atoms. The van der Waals surface area contributed by atoms with Gasteiger partial charge in [0, 0.05) is 23.5 Å². The van der Waals surface area contributed by atoms with Gasteiger partial charge in [-0.1, -0.05) is 47.8 Å². The van der Waals surface area contributed by atoms with Crippen LogP contribution in [0.2, 0.25) is 0 Å². The van der Waals surface area contributed by atoms with Gasteiger partial charge in [0.05, 0.1) is 17.6 Å². The molecule has 5 rings (SSSR count). The van der Waals surface area contributed by atoms with Gasteiger partial charge in [-0.25, -0.2) is 4.79 Å². The SMILES string of the molecule is CN(C)C1(c2ccccc2)CCC2(CC1)CN(c1ccc(C(F)(F)F)cc1CS(=O)[O-])C(=O)N2CC1CCC1. The third kappa shape index (κ3) is 5.23. The number of hydrogen-bond acceptors (Lipinski definition) is 4. The van der Waals surface area contributed by atoms with Crippen molar-refractivity contribution in [1.82, 2.24) is 9.80 Å². The smallest absolute Gasteiger partial charge is 0.416 e. The highest BCUT2D eigenvalue weighted by Crippen LogP contribution is 2.50. The van der Waals surface area contributed by atoms with Gasteiger partial charge in [-0.15, -0.1) is 0 Å². The van der Waals surface area contributed by atoms with E-state index in [0.29, 0.717) is 19.0 Å². The Hall–Kier alpha value is -2.43. The van der Waals surface area contributed by atoms with Crippen molar-refractivity contribution in [2.45, 2.75) is 68.0 Å². The molecule has 0 aromatic heterocycles. The zero-order valence-corrected chi connectivity index (χ0v) is 23.2. The summed E-state index contributed by atoms with van der Waals surface area (Å²) in [6.07, 6.45) is 1.81. The zero-order valence-electron chi connectivity index (χ0n) is 22.4. The highest BCUT2D eigenvalue weighted by molar-refractivity contribution is 7.78. The van der Waals surface area contributed by atoms with Crippen molar-refractivity contribution in [2.75, 3.05) is 32.1 Å². The van der Waals surface area contributed by atoms with E-state index in [1.165, 1.54) is 16.5 Å². The van der Waals surface area contributed by atoms with Gasteiger partial charge < -0.3 is 9.45 Å². The molecule has 212 valence electrons. The molecular formula is C29H35F3N3O3S-. The molecule has 1 aliphatic heterocycles. The molecule has 10 heteroatoms. The van der Waals surface area contributed by atoms with Crippen LogP contribution < -0.4 is 4.90 Å². The fourth-order valence-corrected chi connectivity index (χ4v) is 7.24. The normalized spacial score (nSPS) is 26.9. The van der Waals surface area contributed by atoms with Crippen molar-refractivity contribution in [3.63, 3.8) is 0 Å². The van der Waals surface area contributed by atoms with E-state index in [1.807, 2.05) is 23.1 Å². The molecular weight excluding hydrogens is 527 g/mol. The van der Waals surface area contributed by atoms with Gasteiger partial charge >= 0.3 is 12.2 Å². The quantitative estimate of drug-likeness (QED) is 0.395. The van der Waals surface area contributed by atoms with E-state index >= 15 is 0 Å². The van der Waals surface area contributed by atoms with Crippen molar-refractivity contribution in [2.24, 2.45) is 5.92 Å². The van der Waals surface area contributed by atoms with Gasteiger partial charge in [-0.05, 0) is 87.9 Å². The summed E-state index contributed by atoms with van der Waals surface area (Å²) in [6, 6.07) is 13.2. The number of hydrogen-bond donors (Lipinski definition) is 0. The van der Waals surface area contributed by atoms with Crippen LogP contribution in [0, 0.1) is 5.92 Å². The Morgan fingerprint density at radius 3 is 2.26 bits per heavy atom. The number of carbonyl (C=O) groups is 1. The monoisotopic (exact) mass is 562 g/mol. The molecule has 1 saturated heterocycles. The Labute approximate surface area is 230 Å². The lowest BCUT2D eigenvalue weighted by atomic mass is 9.68. The largest absolute Gasteiger partial charge is 0.772 e. The molecule has 6 nitrogen and oxygen atoms in total. The maximum absolute atomic E-state index is 14.0. The molecule has 3 aliphatic rings. The summed E-state index contributed by atoms with van der Waals surface area (Å²) in [5.41, 5.74) is -0.0768. The third-order valence-electron chi connectivity index (χ3n) is 9.30. The maximum atomic E-state index is 14.0. The number of urea groups is 1. The van der Waals surface area contributed by atoms with Crippen molar-refractivity contribution in [3.05, 3.63) is 65.2 Å². The number of anilines is 1. The lowest BCUT2D eigenvalue weighted by Gasteiger charge is -2.51. The van der Waals surface area contributed by atoms with Crippen LogP contribution in [0.1, 0.15) is 61.6 Å². The van der Waals surface area contributed by atoms with Gasteiger partial charge in [-0.2, -0.15) is 13.2 Å². The molecule has 2 aliphatic carbocycles. The zero-order chi connectivity index (χ0) is 28.0. The lowest BCUT2D eigenvalue weighted by Crippen LogP contribution is -2.56. The minimum Gasteiger partial charge on any atom is -0.772 e. The number of rotatable bonds is 7. The number of nitrogens with zero attached hydrogens (tertiary/aromatic N) is 3. The van der Waals surface area contributed by atoms with Crippen molar-refractivity contribution in [1.29, 1.82) is 0 Å². The minimum atomic E-state index is -4.61. The average Bonchev–Trinajstić information content (AvgIpc) is 3.12. The molecule has 2 aromatic carbocycles. The molecule has 1 spiro atoms. The molecule has 0 N–H and O–H groups in total. The van der Waals surface area contributed by atoms with E-state index in [-0.39, 0.29) is 22.8 Å². The van der Waals surface area contributed by atoms with E-state index in [0.717, 1.165) is 57.1 Å². The molecule has 1 heterocycles. The summed E-state index contributed by atoms with van der Waals surface area (Å²) >= 11 is -2.61. The fourth-order valence-electron chi connectivity index (χ4n) is 6.76. The summed E-state index contributed by atoms with van der Waals surface area (Å²) in [4.78, 5) is 19.8. The van der Waals surface area contributed by atoms with E-state index in [9.17, 15) is 26.7 Å². The van der Waals surface area contributed by atoms with Crippen molar-refractivity contribution < 1.29 is 26.7 Å². The highest BCUT2D eigenvalue weighted by atomic mass is 32.2. The Bertz CT molecular complexity index is 1230. The molecule has 2 aromatic rings. The first kappa shape index (κ1) is 28.1. The first-order valence-electron chi connectivity index (χ1n) is 13.5. The predicted octanol–water partition coefficient (Wildman–Crippen LogP) is 5.90. The van der Waals surface area contributed by atoms with Crippen molar-refractivity contribution in [3.8, 4) is 0 Å². The van der Waals surface area contributed by atoms with E-state index in [4.69, 9.17) is 0 Å². The molecule has 39 heavy (non-hydrogen) atoms. The van der Waals surface area contributed by atoms with Gasteiger partial charge in [-0.3, -0.25) is 14.0 Å². The summed E-state index contributed by atoms with van der Waals surface area (Å²) in [7, 11) is 4.17. The minimum absolute atomic E-state index is 0.00474. The highest BCUT2D eigenvalue weighted by Gasteiger charge is 2.55. The van der Waals surface area contributed by atoms with Crippen LogP contribution in [-0.4, -0.2) is 57.3 Å². The topological polar surface area (TPSA) is 66.9 Å². The molecule has 2 amide bonds. The lowest BCUT2D eigenvalue weighted by molar-refractivity contribution is -0.137. The van der Waals surface area contributed by atoms with Gasteiger partial charge in [0.25, 0.3) is 0 Å². The van der Waals surface area contributed by atoms with E-state index < -0.39 is 34.1 Å². The molecule has 0 radical (unpaired) electrons. The predicted molar refractivity (Wildman–Crippen MR) is 144 cm³/mol. The summed E-state index contributed by atoms with van der Waals surface area (Å²) in [5, 5.41) is 0. The second-order valence-corrected chi connectivity index (χ2v) is 12.5. The molecule has 2 saturated carbocycles. The second kappa shape index (κ2) is 10.5. The standard InChI is InChI=1S/C29H36F3N3O3S/c1-33(2)28(23-9-4-3-5-10-23)15-13-27(14-16-28)20-34(26(36)35(27)18-21-7-6-8-21)25-12-11-24(29(30,31)32)17-22(25)19-39(37)38/h3-5,9-12,17,21H,6-8,13-16,18-20H2,1-2H3,(H,37,38)/p-1. The summed E-state index contributed by atoms with van der Waals surface area (Å²) < 4.78 is 63.6. The van der Waals surface area contributed by atoms with Crippen LogP contribution in [-0.2, 0) is 28.5 Å². The van der Waals surface area contributed by atoms with Crippen LogP contribution in [0.25, 0.3) is 0 Å². The van der Waals surface area contributed by atoms with Crippen LogP contribution in [0.15, 0.2) is 48.5 Å². The number of alkyl halides is 3. The summed E-state index contributed by atoms with van der Waals surface area (Å²) in [6.45, 7) is 0.958. The average molecular weight is 563 g/mol. The number of amides is 2. The summed E-state index contributed by atoms with van der Waals surface area (Å²) in [5.74, 6) is -0.169. The first-order valence-corrected chi connectivity index (χ1v) is 14.8. The first-order chi connectivity index (χ1) is 18.4. The Balaban J connectivity index is 1.50. The number of halogens is 3. The van der Waals surface area contributed by atoms with Crippen LogP contribution in [0.3, 0.4) is 0 Å². The Morgan fingerprint density at radius 1 is 1.05 bits per heavy atom. The molecule has 3 fully saturated rings. The van der Waals surface area contributed by atoms with Crippen LogP contribution in [0.5, 0.6) is 0 Å². The third-order valence-corrected chi connectivity index (χ3v) is 9.85. The Morgan fingerprint density at radius 2 is 1.72 bits per heavy atom. The van der Waals surface area contributed by atoms with E-state index in [1.54, 1.807) is 0 Å². The van der Waals surface area contributed by atoms with Gasteiger partial charge in [0.2, 0.25) is 0 Å². The number of carbonyl (C=O) groups excluding carboxylic acids is 1. The van der Waals surface area contributed by atoms with E-state index in [2.05, 4.69) is 31.1 Å². The second-order valence-electron chi connectivity index (χ2n) is 11.6. The molecule has 1 atom stereocenters. The van der Waals surface area contributed by atoms with Crippen LogP contribution >= 0.6 is 0 Å². The maximum Gasteiger partial charge on any atom is 0.416 e. The van der Waals surface area contributed by atoms with Crippen LogP contribution in [0.4, 0.5) is 23.7 Å². The Kier molecular flexibility index (Phi) is 7.58. The van der Waals surface area contributed by atoms with Gasteiger partial charge in [0.1, 0.15) is 0 Å². The fraction of sp³-hybridized carbons (Fsp3) is 0.552. The van der Waals surface area contributed by atoms with Gasteiger partial charge in [0.15, 0.2) is 0 Å².